The Kier molecular flexibility index (Phi) is 4.85. The normalized spacial score (nSPS) is 24.1. The first-order chi connectivity index (χ1) is 7.53. The summed E-state index contributed by atoms with van der Waals surface area (Å²) >= 11 is 0. The fourth-order valence-electron chi connectivity index (χ4n) is 2.86. The number of likely N-dealkylation sites (tertiary alicyclic amines) is 1. The van der Waals surface area contributed by atoms with Crippen LogP contribution in [-0.2, 0) is 4.79 Å². The minimum Gasteiger partial charge on any atom is -0.341 e. The Morgan fingerprint density at radius 2 is 1.82 bits per heavy atom. The SMILES string of the molecule is CC(C)C1CCN(C(=O)C2(N)CCC2)CC1.Cl. The second kappa shape index (κ2) is 5.57. The average molecular weight is 261 g/mol. The van der Waals surface area contributed by atoms with Crippen LogP contribution in [0.1, 0.15) is 46.0 Å². The maximum atomic E-state index is 12.2. The van der Waals surface area contributed by atoms with E-state index in [-0.39, 0.29) is 18.3 Å². The van der Waals surface area contributed by atoms with Crippen LogP contribution in [0.15, 0.2) is 0 Å². The third-order valence-corrected chi connectivity index (χ3v) is 4.44. The van der Waals surface area contributed by atoms with E-state index < -0.39 is 5.54 Å². The quantitative estimate of drug-likeness (QED) is 0.827. The van der Waals surface area contributed by atoms with Crippen LogP contribution in [0.4, 0.5) is 0 Å². The van der Waals surface area contributed by atoms with Crippen molar-refractivity contribution >= 4 is 18.3 Å². The van der Waals surface area contributed by atoms with E-state index >= 15 is 0 Å². The first kappa shape index (κ1) is 14.8. The molecule has 1 aliphatic carbocycles. The molecule has 1 saturated carbocycles. The summed E-state index contributed by atoms with van der Waals surface area (Å²) in [5, 5.41) is 0. The topological polar surface area (TPSA) is 46.3 Å². The van der Waals surface area contributed by atoms with Crippen LogP contribution in [0.3, 0.4) is 0 Å². The van der Waals surface area contributed by atoms with Gasteiger partial charge in [0.15, 0.2) is 0 Å². The van der Waals surface area contributed by atoms with E-state index in [0.29, 0.717) is 0 Å². The van der Waals surface area contributed by atoms with Crippen molar-refractivity contribution in [1.29, 1.82) is 0 Å². The highest BCUT2D eigenvalue weighted by molar-refractivity contribution is 5.87. The molecule has 4 heteroatoms. The fraction of sp³-hybridized carbons (Fsp3) is 0.923. The van der Waals surface area contributed by atoms with Gasteiger partial charge in [-0.15, -0.1) is 12.4 Å². The summed E-state index contributed by atoms with van der Waals surface area (Å²) in [5.74, 6) is 1.74. The number of rotatable bonds is 2. The summed E-state index contributed by atoms with van der Waals surface area (Å²) < 4.78 is 0. The third-order valence-electron chi connectivity index (χ3n) is 4.44. The molecule has 0 spiro atoms. The molecule has 17 heavy (non-hydrogen) atoms. The zero-order valence-electron chi connectivity index (χ0n) is 10.9. The second-order valence-electron chi connectivity index (χ2n) is 5.88. The van der Waals surface area contributed by atoms with Crippen LogP contribution in [0.25, 0.3) is 0 Å². The molecular formula is C13H25ClN2O. The maximum absolute atomic E-state index is 12.2. The van der Waals surface area contributed by atoms with Crippen LogP contribution in [-0.4, -0.2) is 29.4 Å². The number of carbonyl (C=O) groups is 1. The van der Waals surface area contributed by atoms with Crippen molar-refractivity contribution in [2.45, 2.75) is 51.5 Å². The van der Waals surface area contributed by atoms with Gasteiger partial charge in [0.25, 0.3) is 0 Å². The summed E-state index contributed by atoms with van der Waals surface area (Å²) in [6.45, 7) is 6.39. The molecule has 0 radical (unpaired) electrons. The summed E-state index contributed by atoms with van der Waals surface area (Å²) in [5.41, 5.74) is 5.59. The third kappa shape index (κ3) is 2.94. The van der Waals surface area contributed by atoms with Gasteiger partial charge in [-0.2, -0.15) is 0 Å². The lowest BCUT2D eigenvalue weighted by Gasteiger charge is -2.43. The van der Waals surface area contributed by atoms with Gasteiger partial charge in [0.1, 0.15) is 0 Å². The molecule has 0 unspecified atom stereocenters. The zero-order valence-corrected chi connectivity index (χ0v) is 11.8. The molecule has 0 aromatic rings. The lowest BCUT2D eigenvalue weighted by molar-refractivity contribution is -0.141. The largest absolute Gasteiger partial charge is 0.341 e. The minimum atomic E-state index is -0.495. The van der Waals surface area contributed by atoms with Crippen molar-refractivity contribution in [3.63, 3.8) is 0 Å². The Morgan fingerprint density at radius 1 is 1.29 bits per heavy atom. The number of nitrogens with zero attached hydrogens (tertiary/aromatic N) is 1. The molecule has 100 valence electrons. The first-order valence-electron chi connectivity index (χ1n) is 6.61. The van der Waals surface area contributed by atoms with Crippen LogP contribution in [0, 0.1) is 11.8 Å². The molecule has 0 atom stereocenters. The molecule has 1 aliphatic heterocycles. The number of hydrogen-bond donors (Lipinski definition) is 1. The molecular weight excluding hydrogens is 236 g/mol. The van der Waals surface area contributed by atoms with Crippen LogP contribution >= 0.6 is 12.4 Å². The van der Waals surface area contributed by atoms with Gasteiger partial charge in [0.2, 0.25) is 5.91 Å². The summed E-state index contributed by atoms with van der Waals surface area (Å²) in [6.07, 6.45) is 5.19. The Balaban J connectivity index is 0.00000144. The second-order valence-corrected chi connectivity index (χ2v) is 5.88. The highest BCUT2D eigenvalue weighted by Gasteiger charge is 2.43. The number of amides is 1. The van der Waals surface area contributed by atoms with E-state index in [1.54, 1.807) is 0 Å². The van der Waals surface area contributed by atoms with Gasteiger partial charge in [0, 0.05) is 13.1 Å². The van der Waals surface area contributed by atoms with Crippen molar-refractivity contribution in [3.05, 3.63) is 0 Å². The Labute approximate surface area is 111 Å². The molecule has 0 aromatic heterocycles. The smallest absolute Gasteiger partial charge is 0.242 e. The van der Waals surface area contributed by atoms with Crippen LogP contribution in [0.5, 0.6) is 0 Å². The van der Waals surface area contributed by atoms with Crippen molar-refractivity contribution < 1.29 is 4.79 Å². The highest BCUT2D eigenvalue weighted by Crippen LogP contribution is 2.33. The first-order valence-corrected chi connectivity index (χ1v) is 6.61. The highest BCUT2D eigenvalue weighted by atomic mass is 35.5. The van der Waals surface area contributed by atoms with Crippen molar-refractivity contribution in [3.8, 4) is 0 Å². The predicted molar refractivity (Wildman–Crippen MR) is 72.2 cm³/mol. The van der Waals surface area contributed by atoms with Gasteiger partial charge in [-0.3, -0.25) is 4.79 Å². The molecule has 0 bridgehead atoms. The van der Waals surface area contributed by atoms with Gasteiger partial charge in [0.05, 0.1) is 5.54 Å². The van der Waals surface area contributed by atoms with Gasteiger partial charge in [-0.25, -0.2) is 0 Å². The maximum Gasteiger partial charge on any atom is 0.242 e. The van der Waals surface area contributed by atoms with Gasteiger partial charge in [-0.1, -0.05) is 13.8 Å². The number of nitrogens with two attached hydrogens (primary N) is 1. The Hall–Kier alpha value is -0.280. The fourth-order valence-corrected chi connectivity index (χ4v) is 2.86. The molecule has 2 fully saturated rings. The van der Waals surface area contributed by atoms with E-state index in [1.165, 1.54) is 0 Å². The summed E-state index contributed by atoms with van der Waals surface area (Å²) in [7, 11) is 0. The van der Waals surface area contributed by atoms with E-state index in [2.05, 4.69) is 13.8 Å². The van der Waals surface area contributed by atoms with E-state index in [0.717, 1.165) is 57.0 Å². The monoisotopic (exact) mass is 260 g/mol. The molecule has 3 nitrogen and oxygen atoms in total. The lowest BCUT2D eigenvalue weighted by atomic mass is 9.76. The Morgan fingerprint density at radius 3 is 2.18 bits per heavy atom. The van der Waals surface area contributed by atoms with E-state index in [4.69, 9.17) is 5.73 Å². The van der Waals surface area contributed by atoms with Crippen molar-refractivity contribution in [2.24, 2.45) is 17.6 Å². The molecule has 1 saturated heterocycles. The number of halogens is 1. The average Bonchev–Trinajstić information content (AvgIpc) is 2.25. The lowest BCUT2D eigenvalue weighted by Crippen LogP contribution is -2.60. The summed E-state index contributed by atoms with van der Waals surface area (Å²) in [6, 6.07) is 0. The van der Waals surface area contributed by atoms with Gasteiger partial charge >= 0.3 is 0 Å². The van der Waals surface area contributed by atoms with Crippen molar-refractivity contribution in [2.75, 3.05) is 13.1 Å². The van der Waals surface area contributed by atoms with Gasteiger partial charge in [-0.05, 0) is 43.9 Å². The molecule has 2 rings (SSSR count). The molecule has 2 N–H and O–H groups in total. The van der Waals surface area contributed by atoms with Crippen LogP contribution in [0.2, 0.25) is 0 Å². The number of hydrogen-bond acceptors (Lipinski definition) is 2. The number of carbonyl (C=O) groups excluding carboxylic acids is 1. The van der Waals surface area contributed by atoms with E-state index in [1.807, 2.05) is 4.90 Å². The van der Waals surface area contributed by atoms with Crippen molar-refractivity contribution in [1.82, 2.24) is 4.90 Å². The summed E-state index contributed by atoms with van der Waals surface area (Å²) in [4.78, 5) is 14.2. The van der Waals surface area contributed by atoms with E-state index in [9.17, 15) is 4.79 Å². The minimum absolute atomic E-state index is 0. The Bertz CT molecular complexity index is 269. The molecule has 2 aliphatic rings. The molecule has 1 heterocycles. The molecule has 1 amide bonds. The number of piperidine rings is 1. The van der Waals surface area contributed by atoms with Crippen LogP contribution < -0.4 is 5.73 Å². The van der Waals surface area contributed by atoms with Gasteiger partial charge < -0.3 is 10.6 Å². The zero-order chi connectivity index (χ0) is 11.8. The predicted octanol–water partition coefficient (Wildman–Crippen LogP) is 2.18. The standard InChI is InChI=1S/C13H24N2O.ClH/c1-10(2)11-4-8-15(9-5-11)12(16)13(14)6-3-7-13;/h10-11H,3-9,14H2,1-2H3;1H. The molecule has 0 aromatic carbocycles.